The van der Waals surface area contributed by atoms with Gasteiger partial charge in [0, 0.05) is 13.6 Å². The lowest BCUT2D eigenvalue weighted by Gasteiger charge is -2.12. The molecule has 0 spiro atoms. The van der Waals surface area contributed by atoms with Crippen LogP contribution in [0.2, 0.25) is 0 Å². The molecule has 0 aliphatic carbocycles. The lowest BCUT2D eigenvalue weighted by atomic mass is 10.1. The Morgan fingerprint density at radius 3 is 2.52 bits per heavy atom. The van der Waals surface area contributed by atoms with E-state index in [2.05, 4.69) is 47.7 Å². The Kier molecular flexibility index (Phi) is 6.22. The third-order valence-corrected chi connectivity index (χ3v) is 3.97. The van der Waals surface area contributed by atoms with Gasteiger partial charge in [0.1, 0.15) is 17.1 Å². The zero-order valence-corrected chi connectivity index (χ0v) is 15.4. The third kappa shape index (κ3) is 4.86. The number of nitrogens with zero attached hydrogens (tertiary/aromatic N) is 1. The van der Waals surface area contributed by atoms with Crippen molar-refractivity contribution < 1.29 is 13.9 Å². The molecule has 1 aromatic carbocycles. The van der Waals surface area contributed by atoms with Crippen molar-refractivity contribution in [2.45, 2.75) is 33.9 Å². The van der Waals surface area contributed by atoms with Crippen LogP contribution in [0.4, 0.5) is 0 Å². The largest absolute Gasteiger partial charge is 0.465 e. The number of furan rings is 1. The van der Waals surface area contributed by atoms with Crippen LogP contribution in [0, 0.1) is 20.8 Å². The standard InChI is InChI=1S/C19H25N3O3/c1-12-6-7-15(13(2)8-12)10-21-19(20-4)22-11-16-9-17(14(3)25-16)18(23)24-5/h6-9H,10-11H2,1-5H3,(H2,20,21,22). The average molecular weight is 343 g/mol. The van der Waals surface area contributed by atoms with E-state index in [0.29, 0.717) is 36.1 Å². The number of guanidine groups is 1. The molecule has 0 radical (unpaired) electrons. The van der Waals surface area contributed by atoms with E-state index in [-0.39, 0.29) is 0 Å². The van der Waals surface area contributed by atoms with E-state index in [1.54, 1.807) is 20.0 Å². The van der Waals surface area contributed by atoms with Crippen LogP contribution in [0.15, 0.2) is 33.7 Å². The van der Waals surface area contributed by atoms with E-state index in [9.17, 15) is 4.79 Å². The van der Waals surface area contributed by atoms with Crippen LogP contribution in [0.3, 0.4) is 0 Å². The van der Waals surface area contributed by atoms with Crippen molar-refractivity contribution in [3.8, 4) is 0 Å². The molecule has 2 N–H and O–H groups in total. The summed E-state index contributed by atoms with van der Waals surface area (Å²) in [6, 6.07) is 8.06. The van der Waals surface area contributed by atoms with Crippen LogP contribution in [0.1, 0.15) is 38.6 Å². The van der Waals surface area contributed by atoms with Gasteiger partial charge >= 0.3 is 5.97 Å². The third-order valence-electron chi connectivity index (χ3n) is 3.97. The molecule has 2 aromatic rings. The van der Waals surface area contributed by atoms with Crippen molar-refractivity contribution in [2.75, 3.05) is 14.2 Å². The van der Waals surface area contributed by atoms with Gasteiger partial charge in [-0.05, 0) is 38.0 Å². The van der Waals surface area contributed by atoms with E-state index in [0.717, 1.165) is 0 Å². The monoisotopic (exact) mass is 343 g/mol. The first-order chi connectivity index (χ1) is 11.9. The number of hydrogen-bond acceptors (Lipinski definition) is 4. The van der Waals surface area contributed by atoms with Crippen molar-refractivity contribution in [3.05, 3.63) is 58.0 Å². The van der Waals surface area contributed by atoms with Crippen LogP contribution >= 0.6 is 0 Å². The zero-order chi connectivity index (χ0) is 18.4. The predicted molar refractivity (Wildman–Crippen MR) is 97.7 cm³/mol. The minimum atomic E-state index is -0.398. The molecule has 0 saturated carbocycles. The van der Waals surface area contributed by atoms with Gasteiger partial charge in [0.25, 0.3) is 0 Å². The molecule has 134 valence electrons. The maximum Gasteiger partial charge on any atom is 0.341 e. The molecule has 1 heterocycles. The fourth-order valence-electron chi connectivity index (χ4n) is 2.56. The van der Waals surface area contributed by atoms with Gasteiger partial charge in [0.15, 0.2) is 5.96 Å². The van der Waals surface area contributed by atoms with Crippen molar-refractivity contribution in [1.29, 1.82) is 0 Å². The van der Waals surface area contributed by atoms with E-state index in [1.165, 1.54) is 23.8 Å². The van der Waals surface area contributed by atoms with Crippen LogP contribution in [0.5, 0.6) is 0 Å². The van der Waals surface area contributed by atoms with Gasteiger partial charge in [-0.15, -0.1) is 0 Å². The molecule has 6 nitrogen and oxygen atoms in total. The minimum absolute atomic E-state index is 0.398. The van der Waals surface area contributed by atoms with Crippen LogP contribution < -0.4 is 10.6 Å². The summed E-state index contributed by atoms with van der Waals surface area (Å²) in [5, 5.41) is 6.45. The topological polar surface area (TPSA) is 75.9 Å². The summed E-state index contributed by atoms with van der Waals surface area (Å²) in [6.45, 7) is 7.02. The summed E-state index contributed by atoms with van der Waals surface area (Å²) >= 11 is 0. The molecule has 0 bridgehead atoms. The number of hydrogen-bond donors (Lipinski definition) is 2. The first-order valence-electron chi connectivity index (χ1n) is 8.13. The lowest BCUT2D eigenvalue weighted by molar-refractivity contribution is 0.0599. The Labute approximate surface area is 148 Å². The number of aryl methyl sites for hydroxylation is 3. The summed E-state index contributed by atoms with van der Waals surface area (Å²) in [5.74, 6) is 1.45. The summed E-state index contributed by atoms with van der Waals surface area (Å²) in [4.78, 5) is 15.8. The molecular weight excluding hydrogens is 318 g/mol. The Hall–Kier alpha value is -2.76. The van der Waals surface area contributed by atoms with E-state index >= 15 is 0 Å². The average Bonchev–Trinajstić information content (AvgIpc) is 2.96. The second kappa shape index (κ2) is 8.37. The van der Waals surface area contributed by atoms with E-state index < -0.39 is 5.97 Å². The van der Waals surface area contributed by atoms with Gasteiger partial charge in [-0.25, -0.2) is 4.79 Å². The fraction of sp³-hybridized carbons (Fsp3) is 0.368. The number of carbonyl (C=O) groups is 1. The number of ether oxygens (including phenoxy) is 1. The van der Waals surface area contributed by atoms with Crippen molar-refractivity contribution >= 4 is 11.9 Å². The second-order valence-corrected chi connectivity index (χ2v) is 5.88. The van der Waals surface area contributed by atoms with Crippen molar-refractivity contribution in [1.82, 2.24) is 10.6 Å². The Morgan fingerprint density at radius 1 is 1.16 bits per heavy atom. The summed E-state index contributed by atoms with van der Waals surface area (Å²) in [5.41, 5.74) is 4.15. The molecule has 0 saturated heterocycles. The van der Waals surface area contributed by atoms with E-state index in [1.807, 2.05) is 0 Å². The fourth-order valence-corrected chi connectivity index (χ4v) is 2.56. The number of nitrogens with one attached hydrogen (secondary N) is 2. The quantitative estimate of drug-likeness (QED) is 0.496. The van der Waals surface area contributed by atoms with Gasteiger partial charge in [0.05, 0.1) is 13.7 Å². The van der Waals surface area contributed by atoms with Gasteiger partial charge in [0.2, 0.25) is 0 Å². The Balaban J connectivity index is 1.93. The summed E-state index contributed by atoms with van der Waals surface area (Å²) in [7, 11) is 3.07. The maximum absolute atomic E-state index is 11.6. The second-order valence-electron chi connectivity index (χ2n) is 5.88. The molecule has 2 rings (SSSR count). The molecule has 0 fully saturated rings. The highest BCUT2D eigenvalue weighted by molar-refractivity contribution is 5.90. The molecule has 0 unspecified atom stereocenters. The highest BCUT2D eigenvalue weighted by atomic mass is 16.5. The summed E-state index contributed by atoms with van der Waals surface area (Å²) < 4.78 is 10.3. The Bertz CT molecular complexity index is 778. The number of esters is 1. The van der Waals surface area contributed by atoms with Crippen LogP contribution in [0.25, 0.3) is 0 Å². The SMILES string of the molecule is CN=C(NCc1cc(C(=O)OC)c(C)o1)NCc1ccc(C)cc1C. The van der Waals surface area contributed by atoms with Gasteiger partial charge < -0.3 is 19.8 Å². The first-order valence-corrected chi connectivity index (χ1v) is 8.13. The smallest absolute Gasteiger partial charge is 0.341 e. The van der Waals surface area contributed by atoms with Crippen LogP contribution in [-0.2, 0) is 17.8 Å². The van der Waals surface area contributed by atoms with E-state index in [4.69, 9.17) is 9.15 Å². The van der Waals surface area contributed by atoms with Crippen LogP contribution in [-0.4, -0.2) is 26.1 Å². The number of aliphatic imine (C=N–C) groups is 1. The lowest BCUT2D eigenvalue weighted by Crippen LogP contribution is -2.36. The molecule has 0 aliphatic rings. The molecular formula is C19H25N3O3. The molecule has 1 aromatic heterocycles. The predicted octanol–water partition coefficient (Wildman–Crippen LogP) is 2.86. The van der Waals surface area contributed by atoms with Gasteiger partial charge in [-0.3, -0.25) is 4.99 Å². The highest BCUT2D eigenvalue weighted by Gasteiger charge is 2.15. The highest BCUT2D eigenvalue weighted by Crippen LogP contribution is 2.15. The molecule has 6 heteroatoms. The number of rotatable bonds is 5. The normalized spacial score (nSPS) is 11.3. The number of benzene rings is 1. The minimum Gasteiger partial charge on any atom is -0.465 e. The maximum atomic E-state index is 11.6. The van der Waals surface area contributed by atoms with Crippen molar-refractivity contribution in [2.24, 2.45) is 4.99 Å². The van der Waals surface area contributed by atoms with Gasteiger partial charge in [-0.2, -0.15) is 0 Å². The van der Waals surface area contributed by atoms with Gasteiger partial charge in [-0.1, -0.05) is 23.8 Å². The zero-order valence-electron chi connectivity index (χ0n) is 15.4. The molecule has 25 heavy (non-hydrogen) atoms. The Morgan fingerprint density at radius 2 is 1.88 bits per heavy atom. The molecule has 0 atom stereocenters. The molecule has 0 aliphatic heterocycles. The number of carbonyl (C=O) groups excluding carboxylic acids is 1. The first kappa shape index (κ1) is 18.6. The number of methoxy groups -OCH3 is 1. The van der Waals surface area contributed by atoms with Crippen molar-refractivity contribution in [3.63, 3.8) is 0 Å². The molecule has 0 amide bonds. The summed E-state index contributed by atoms with van der Waals surface area (Å²) in [6.07, 6.45) is 0.